The fourth-order valence-corrected chi connectivity index (χ4v) is 14.6. The summed E-state index contributed by atoms with van der Waals surface area (Å²) in [7, 11) is 0. The summed E-state index contributed by atoms with van der Waals surface area (Å²) in [6.07, 6.45) is 12.8. The second-order valence-corrected chi connectivity index (χ2v) is 23.4. The molecule has 1 heterocycles. The van der Waals surface area contributed by atoms with E-state index in [-0.39, 0.29) is 27.6 Å². The molecule has 0 fully saturated rings. The summed E-state index contributed by atoms with van der Waals surface area (Å²) >= 11 is 0. The fourth-order valence-electron chi connectivity index (χ4n) is 14.6. The van der Waals surface area contributed by atoms with Crippen LogP contribution in [0.3, 0.4) is 0 Å². The SMILES string of the molecule is CC1(C)c2ccccc2-c2cc3c(cc21)-c1c(cc(C2=CC4OC(=O)C5C=C(c6cc7c(c8ccccc68)-c6cc8c(cc6C7(C)C)-c6ccccc6C8(C)C)C=CC5=C4C=C2)c2ccccc12)C3(C)C. The molecule has 7 aliphatic rings. The van der Waals surface area contributed by atoms with E-state index in [1.54, 1.807) is 0 Å². The fraction of sp³-hybridized carbons (Fsp3) is 0.203. The van der Waals surface area contributed by atoms with Crippen LogP contribution in [-0.4, -0.2) is 12.1 Å². The Balaban J connectivity index is 0.802. The molecule has 0 saturated carbocycles. The third-order valence-electron chi connectivity index (χ3n) is 18.4. The van der Waals surface area contributed by atoms with Crippen molar-refractivity contribution in [1.29, 1.82) is 0 Å². The minimum Gasteiger partial charge on any atom is -0.452 e. The van der Waals surface area contributed by atoms with Crippen molar-refractivity contribution in [2.24, 2.45) is 5.92 Å². The molecule has 342 valence electrons. The number of allylic oxidation sites excluding steroid dienone is 5. The molecule has 0 amide bonds. The number of ether oxygens (including phenoxy) is 1. The van der Waals surface area contributed by atoms with Gasteiger partial charge < -0.3 is 4.74 Å². The third kappa shape index (κ3) is 5.15. The molecule has 0 bridgehead atoms. The highest BCUT2D eigenvalue weighted by Gasteiger charge is 2.45. The van der Waals surface area contributed by atoms with Crippen LogP contribution >= 0.6 is 0 Å². The van der Waals surface area contributed by atoms with Crippen molar-refractivity contribution >= 4 is 38.7 Å². The molecule has 0 spiro atoms. The Labute approximate surface area is 416 Å². The summed E-state index contributed by atoms with van der Waals surface area (Å²) in [5.41, 5.74) is 27.7. The van der Waals surface area contributed by atoms with E-state index in [1.807, 2.05) is 0 Å². The van der Waals surface area contributed by atoms with Crippen LogP contribution in [0.5, 0.6) is 0 Å². The van der Waals surface area contributed by atoms with Crippen LogP contribution in [0.25, 0.3) is 77.2 Å². The van der Waals surface area contributed by atoms with Crippen molar-refractivity contribution < 1.29 is 9.53 Å². The van der Waals surface area contributed by atoms with Crippen LogP contribution in [-0.2, 0) is 31.2 Å². The molecule has 0 aromatic heterocycles. The normalized spacial score (nSPS) is 21.0. The number of hydrogen-bond acceptors (Lipinski definition) is 2. The van der Waals surface area contributed by atoms with Crippen LogP contribution in [0.4, 0.5) is 0 Å². The summed E-state index contributed by atoms with van der Waals surface area (Å²) in [4.78, 5) is 14.4. The number of benzene rings is 8. The van der Waals surface area contributed by atoms with E-state index in [1.165, 1.54) is 116 Å². The molecule has 8 aromatic carbocycles. The van der Waals surface area contributed by atoms with Gasteiger partial charge >= 0.3 is 5.97 Å². The van der Waals surface area contributed by atoms with E-state index >= 15 is 0 Å². The Kier molecular flexibility index (Phi) is 7.81. The predicted molar refractivity (Wildman–Crippen MR) is 293 cm³/mol. The second-order valence-electron chi connectivity index (χ2n) is 23.4. The maximum Gasteiger partial charge on any atom is 0.318 e. The first kappa shape index (κ1) is 41.3. The molecule has 0 radical (unpaired) electrons. The molecule has 1 aliphatic heterocycles. The van der Waals surface area contributed by atoms with Crippen molar-refractivity contribution in [2.45, 2.75) is 83.2 Å². The van der Waals surface area contributed by atoms with Gasteiger partial charge in [-0.3, -0.25) is 4.79 Å². The van der Waals surface area contributed by atoms with Crippen LogP contribution in [0.2, 0.25) is 0 Å². The lowest BCUT2D eigenvalue weighted by atomic mass is 9.77. The van der Waals surface area contributed by atoms with Gasteiger partial charge in [0.15, 0.2) is 0 Å². The number of carbonyl (C=O) groups is 1. The average molecular weight is 915 g/mol. The Morgan fingerprint density at radius 3 is 1.24 bits per heavy atom. The molecule has 6 aliphatic carbocycles. The van der Waals surface area contributed by atoms with Gasteiger partial charge in [-0.2, -0.15) is 0 Å². The molecule has 0 N–H and O–H groups in total. The lowest BCUT2D eigenvalue weighted by Gasteiger charge is -2.33. The van der Waals surface area contributed by atoms with Gasteiger partial charge in [-0.15, -0.1) is 0 Å². The van der Waals surface area contributed by atoms with Crippen molar-refractivity contribution in [3.8, 4) is 44.5 Å². The zero-order valence-corrected chi connectivity index (χ0v) is 41.6. The van der Waals surface area contributed by atoms with Gasteiger partial charge in [-0.25, -0.2) is 0 Å². The average Bonchev–Trinajstić information content (AvgIpc) is 3.94. The molecule has 2 heteroatoms. The number of hydrogen-bond donors (Lipinski definition) is 0. The van der Waals surface area contributed by atoms with Crippen LogP contribution in [0, 0.1) is 5.92 Å². The van der Waals surface area contributed by atoms with Crippen LogP contribution in [0.15, 0.2) is 181 Å². The summed E-state index contributed by atoms with van der Waals surface area (Å²) in [5.74, 6) is -0.702. The molecule has 2 atom stereocenters. The minimum atomic E-state index is -0.498. The monoisotopic (exact) mass is 914 g/mol. The van der Waals surface area contributed by atoms with Gasteiger partial charge in [0.1, 0.15) is 12.0 Å². The lowest BCUT2D eigenvalue weighted by Crippen LogP contribution is -2.33. The summed E-state index contributed by atoms with van der Waals surface area (Å²) in [6, 6.07) is 50.5. The van der Waals surface area contributed by atoms with Gasteiger partial charge in [0.25, 0.3) is 0 Å². The van der Waals surface area contributed by atoms with E-state index < -0.39 is 12.0 Å². The molecule has 15 rings (SSSR count). The van der Waals surface area contributed by atoms with Crippen LogP contribution < -0.4 is 0 Å². The predicted octanol–water partition coefficient (Wildman–Crippen LogP) is 16.7. The van der Waals surface area contributed by atoms with E-state index in [9.17, 15) is 4.79 Å². The molecule has 2 nitrogen and oxygen atoms in total. The van der Waals surface area contributed by atoms with E-state index in [4.69, 9.17) is 4.74 Å². The largest absolute Gasteiger partial charge is 0.452 e. The molecule has 8 aromatic rings. The Morgan fingerprint density at radius 1 is 0.352 bits per heavy atom. The highest BCUT2D eigenvalue weighted by atomic mass is 16.5. The smallest absolute Gasteiger partial charge is 0.318 e. The quantitative estimate of drug-likeness (QED) is 0.162. The first-order valence-electron chi connectivity index (χ1n) is 25.6. The maximum atomic E-state index is 14.4. The van der Waals surface area contributed by atoms with Gasteiger partial charge in [0.05, 0.1) is 0 Å². The molecule has 71 heavy (non-hydrogen) atoms. The van der Waals surface area contributed by atoms with Crippen molar-refractivity contribution in [3.05, 3.63) is 237 Å². The second kappa shape index (κ2) is 13.4. The topological polar surface area (TPSA) is 26.3 Å². The van der Waals surface area contributed by atoms with Gasteiger partial charge in [-0.1, -0.05) is 183 Å². The molecule has 2 unspecified atom stereocenters. The number of carbonyl (C=O) groups excluding carboxylic acids is 1. The first-order valence-corrected chi connectivity index (χ1v) is 25.6. The zero-order valence-electron chi connectivity index (χ0n) is 41.6. The summed E-state index contributed by atoms with van der Waals surface area (Å²) in [6.45, 7) is 19.0. The molecular formula is C69H54O2. The first-order chi connectivity index (χ1) is 34.1. The number of rotatable bonds is 2. The maximum absolute atomic E-state index is 14.4. The van der Waals surface area contributed by atoms with E-state index in [2.05, 4.69) is 225 Å². The summed E-state index contributed by atoms with van der Waals surface area (Å²) in [5, 5.41) is 4.92. The lowest BCUT2D eigenvalue weighted by molar-refractivity contribution is -0.148. The minimum absolute atomic E-state index is 0.0812. The number of esters is 1. The van der Waals surface area contributed by atoms with Gasteiger partial charge in [-0.05, 0) is 181 Å². The van der Waals surface area contributed by atoms with Crippen molar-refractivity contribution in [2.75, 3.05) is 0 Å². The summed E-state index contributed by atoms with van der Waals surface area (Å²) < 4.78 is 6.50. The molecular weight excluding hydrogens is 861 g/mol. The Morgan fingerprint density at radius 2 is 0.732 bits per heavy atom. The highest BCUT2D eigenvalue weighted by molar-refractivity contribution is 6.11. The Bertz CT molecular complexity index is 4040. The van der Waals surface area contributed by atoms with Crippen LogP contribution in [0.1, 0.15) is 111 Å². The van der Waals surface area contributed by atoms with E-state index in [0.29, 0.717) is 0 Å². The van der Waals surface area contributed by atoms with Crippen molar-refractivity contribution in [3.63, 3.8) is 0 Å². The van der Waals surface area contributed by atoms with E-state index in [0.717, 1.165) is 27.9 Å². The number of fused-ring (bicyclic) bond motifs is 18. The highest BCUT2D eigenvalue weighted by Crippen LogP contribution is 2.60. The van der Waals surface area contributed by atoms with Crippen molar-refractivity contribution in [1.82, 2.24) is 0 Å². The third-order valence-corrected chi connectivity index (χ3v) is 18.4. The van der Waals surface area contributed by atoms with Gasteiger partial charge in [0.2, 0.25) is 0 Å². The molecule has 0 saturated heterocycles. The standard InChI is InChI=1S/C69H54O2/c1-66(2)54-23-15-13-19-42(54)49-33-58-52(35-56(49)66)63-45-21-11-9-17-39(45)47(31-60(63)68(58,5)6)37-25-27-41-44-28-26-38(30-62(44)71-65(70)51(41)29-37)48-32-61-64(46-22-12-10-18-40(46)48)53-36-57-50(34-59(53)69(61,7)8)43-20-14-16-24-55(43)67(57,3)4/h9-36,51,62H,1-8H3. The Hall–Kier alpha value is -7.55. The van der Waals surface area contributed by atoms with Gasteiger partial charge in [0, 0.05) is 27.2 Å². The zero-order chi connectivity index (χ0) is 48.2.